The van der Waals surface area contributed by atoms with Gasteiger partial charge in [-0.15, -0.1) is 0 Å². The number of rotatable bonds is 5. The molecule has 0 spiro atoms. The highest BCUT2D eigenvalue weighted by Gasteiger charge is 2.16. The van der Waals surface area contributed by atoms with E-state index >= 15 is 0 Å². The van der Waals surface area contributed by atoms with Gasteiger partial charge in [-0.25, -0.2) is 13.9 Å². The molecule has 0 fully saturated rings. The van der Waals surface area contributed by atoms with Crippen LogP contribution in [0.2, 0.25) is 0 Å². The average Bonchev–Trinajstić information content (AvgIpc) is 3.07. The number of nitrogens with zero attached hydrogens (tertiary/aromatic N) is 2. The quantitative estimate of drug-likeness (QED) is 0.704. The minimum absolute atomic E-state index is 0.282. The van der Waals surface area contributed by atoms with Gasteiger partial charge < -0.3 is 10.1 Å². The molecule has 3 rings (SSSR count). The fourth-order valence-corrected chi connectivity index (χ4v) is 2.65. The number of hydrogen-bond acceptors (Lipinski definition) is 4. The number of para-hydroxylation sites is 1. The zero-order chi connectivity index (χ0) is 19.4. The number of carbonyl (C=O) groups excluding carboxylic acids is 2. The molecule has 1 aromatic heterocycles. The molecule has 2 aromatic carbocycles. The molecule has 0 saturated carbocycles. The van der Waals surface area contributed by atoms with Crippen LogP contribution in [-0.2, 0) is 11.3 Å². The predicted octanol–water partition coefficient (Wildman–Crippen LogP) is 3.04. The maximum absolute atomic E-state index is 14.0. The number of carbonyl (C=O) groups is 2. The highest BCUT2D eigenvalue weighted by molar-refractivity contribution is 5.95. The molecule has 0 aliphatic heterocycles. The number of hydrogen-bond donors (Lipinski definition) is 1. The van der Waals surface area contributed by atoms with E-state index in [1.807, 2.05) is 0 Å². The molecular weight excluding hydrogens is 349 g/mol. The normalized spacial score (nSPS) is 10.5. The first kappa shape index (κ1) is 18.3. The molecule has 0 aliphatic carbocycles. The van der Waals surface area contributed by atoms with Gasteiger partial charge in [-0.3, -0.25) is 4.79 Å². The molecule has 6 nitrogen and oxygen atoms in total. The van der Waals surface area contributed by atoms with Crippen LogP contribution in [0.25, 0.3) is 5.69 Å². The highest BCUT2D eigenvalue weighted by atomic mass is 19.1. The Morgan fingerprint density at radius 2 is 1.85 bits per heavy atom. The fraction of sp³-hybridized carbons (Fsp3) is 0.150. The average molecular weight is 367 g/mol. The van der Waals surface area contributed by atoms with Crippen LogP contribution in [0.1, 0.15) is 32.0 Å². The zero-order valence-corrected chi connectivity index (χ0v) is 14.9. The van der Waals surface area contributed by atoms with E-state index in [1.165, 1.54) is 24.1 Å². The first-order valence-electron chi connectivity index (χ1n) is 8.26. The summed E-state index contributed by atoms with van der Waals surface area (Å²) in [6, 6.07) is 13.0. The fourth-order valence-electron chi connectivity index (χ4n) is 2.65. The third-order valence-corrected chi connectivity index (χ3v) is 4.16. The summed E-state index contributed by atoms with van der Waals surface area (Å²) in [5, 5.41) is 6.92. The number of benzene rings is 2. The lowest BCUT2D eigenvalue weighted by Crippen LogP contribution is -2.23. The Bertz CT molecular complexity index is 980. The van der Waals surface area contributed by atoms with Crippen LogP contribution in [0.15, 0.2) is 54.7 Å². The smallest absolute Gasteiger partial charge is 0.337 e. The Labute approximate surface area is 155 Å². The zero-order valence-electron chi connectivity index (χ0n) is 14.9. The molecule has 0 saturated heterocycles. The number of esters is 1. The predicted molar refractivity (Wildman–Crippen MR) is 97.2 cm³/mol. The van der Waals surface area contributed by atoms with E-state index in [-0.39, 0.29) is 18.1 Å². The van der Waals surface area contributed by atoms with Crippen molar-refractivity contribution in [2.45, 2.75) is 13.5 Å². The third kappa shape index (κ3) is 3.87. The summed E-state index contributed by atoms with van der Waals surface area (Å²) >= 11 is 0. The van der Waals surface area contributed by atoms with Crippen molar-refractivity contribution in [3.8, 4) is 5.69 Å². The van der Waals surface area contributed by atoms with E-state index < -0.39 is 11.8 Å². The van der Waals surface area contributed by atoms with Gasteiger partial charge in [0.25, 0.3) is 5.91 Å². The van der Waals surface area contributed by atoms with Crippen molar-refractivity contribution in [2.75, 3.05) is 7.11 Å². The molecule has 3 aromatic rings. The van der Waals surface area contributed by atoms with Gasteiger partial charge in [-0.1, -0.05) is 24.3 Å². The monoisotopic (exact) mass is 367 g/mol. The number of aromatic nitrogens is 2. The molecule has 27 heavy (non-hydrogen) atoms. The molecule has 1 heterocycles. The maximum Gasteiger partial charge on any atom is 0.337 e. The Morgan fingerprint density at radius 3 is 2.52 bits per heavy atom. The van der Waals surface area contributed by atoms with Crippen LogP contribution < -0.4 is 5.32 Å². The topological polar surface area (TPSA) is 73.2 Å². The van der Waals surface area contributed by atoms with Gasteiger partial charge in [0.1, 0.15) is 11.5 Å². The molecule has 0 aliphatic rings. The number of nitrogens with one attached hydrogen (secondary N) is 1. The lowest BCUT2D eigenvalue weighted by Gasteiger charge is -2.08. The van der Waals surface area contributed by atoms with Gasteiger partial charge in [0.05, 0.1) is 30.1 Å². The highest BCUT2D eigenvalue weighted by Crippen LogP contribution is 2.17. The standard InChI is InChI=1S/C20H18FN3O3/c1-13-16(12-23-24(13)18-6-4-3-5-17(18)21)19(25)22-11-14-7-9-15(10-8-14)20(26)27-2/h3-10,12H,11H2,1-2H3,(H,22,25). The molecule has 7 heteroatoms. The van der Waals surface area contributed by atoms with Gasteiger partial charge >= 0.3 is 5.97 Å². The van der Waals surface area contributed by atoms with Gasteiger partial charge in [-0.05, 0) is 36.8 Å². The van der Waals surface area contributed by atoms with Crippen LogP contribution in [0.3, 0.4) is 0 Å². The van der Waals surface area contributed by atoms with Crippen LogP contribution >= 0.6 is 0 Å². The molecule has 0 radical (unpaired) electrons. The largest absolute Gasteiger partial charge is 0.465 e. The van der Waals surface area contributed by atoms with E-state index in [0.29, 0.717) is 16.8 Å². The van der Waals surface area contributed by atoms with Gasteiger partial charge in [0, 0.05) is 6.54 Å². The molecule has 0 bridgehead atoms. The second kappa shape index (κ2) is 7.82. The minimum atomic E-state index is -0.415. The van der Waals surface area contributed by atoms with Crippen molar-refractivity contribution in [1.29, 1.82) is 0 Å². The van der Waals surface area contributed by atoms with E-state index in [0.717, 1.165) is 5.56 Å². The Morgan fingerprint density at radius 1 is 1.15 bits per heavy atom. The number of methoxy groups -OCH3 is 1. The lowest BCUT2D eigenvalue weighted by atomic mass is 10.1. The Hall–Kier alpha value is -3.48. The summed E-state index contributed by atoms with van der Waals surface area (Å²) in [7, 11) is 1.32. The summed E-state index contributed by atoms with van der Waals surface area (Å²) in [6.07, 6.45) is 1.41. The van der Waals surface area contributed by atoms with Crippen LogP contribution in [0, 0.1) is 12.7 Å². The molecule has 1 N–H and O–H groups in total. The molecule has 0 unspecified atom stereocenters. The second-order valence-electron chi connectivity index (χ2n) is 5.88. The van der Waals surface area contributed by atoms with Crippen LogP contribution in [0.5, 0.6) is 0 Å². The van der Waals surface area contributed by atoms with Crippen LogP contribution in [-0.4, -0.2) is 28.8 Å². The first-order chi connectivity index (χ1) is 13.0. The number of ether oxygens (including phenoxy) is 1. The number of halogens is 1. The van der Waals surface area contributed by atoms with Crippen molar-refractivity contribution in [3.63, 3.8) is 0 Å². The van der Waals surface area contributed by atoms with E-state index in [9.17, 15) is 14.0 Å². The Kier molecular flexibility index (Phi) is 5.30. The molecule has 0 atom stereocenters. The van der Waals surface area contributed by atoms with Gasteiger partial charge in [0.15, 0.2) is 0 Å². The van der Waals surface area contributed by atoms with E-state index in [1.54, 1.807) is 49.4 Å². The van der Waals surface area contributed by atoms with Crippen molar-refractivity contribution >= 4 is 11.9 Å². The summed E-state index contributed by atoms with van der Waals surface area (Å²) < 4.78 is 20.0. The van der Waals surface area contributed by atoms with Crippen molar-refractivity contribution in [2.24, 2.45) is 0 Å². The van der Waals surface area contributed by atoms with E-state index in [2.05, 4.69) is 15.2 Å². The van der Waals surface area contributed by atoms with Crippen molar-refractivity contribution in [1.82, 2.24) is 15.1 Å². The summed E-state index contributed by atoms with van der Waals surface area (Å²) in [5.41, 5.74) is 2.46. The first-order valence-corrected chi connectivity index (χ1v) is 8.26. The third-order valence-electron chi connectivity index (χ3n) is 4.16. The minimum Gasteiger partial charge on any atom is -0.465 e. The van der Waals surface area contributed by atoms with E-state index in [4.69, 9.17) is 0 Å². The number of amides is 1. The van der Waals surface area contributed by atoms with Crippen LogP contribution in [0.4, 0.5) is 4.39 Å². The second-order valence-corrected chi connectivity index (χ2v) is 5.88. The molecule has 1 amide bonds. The summed E-state index contributed by atoms with van der Waals surface area (Å²) in [5.74, 6) is -1.14. The molecular formula is C20H18FN3O3. The maximum atomic E-state index is 14.0. The summed E-state index contributed by atoms with van der Waals surface area (Å²) in [6.45, 7) is 1.99. The Balaban J connectivity index is 1.70. The molecule has 138 valence electrons. The van der Waals surface area contributed by atoms with Crippen molar-refractivity contribution in [3.05, 3.63) is 82.9 Å². The lowest BCUT2D eigenvalue weighted by molar-refractivity contribution is 0.0600. The summed E-state index contributed by atoms with van der Waals surface area (Å²) in [4.78, 5) is 23.9. The van der Waals surface area contributed by atoms with Gasteiger partial charge in [0.2, 0.25) is 0 Å². The SMILES string of the molecule is COC(=O)c1ccc(CNC(=O)c2cnn(-c3ccccc3F)c2C)cc1. The van der Waals surface area contributed by atoms with Crippen molar-refractivity contribution < 1.29 is 18.7 Å². The van der Waals surface area contributed by atoms with Gasteiger partial charge in [-0.2, -0.15) is 5.10 Å².